The molecule has 0 unspecified atom stereocenters. The maximum absolute atomic E-state index is 6.33. The molecule has 0 aliphatic carbocycles. The van der Waals surface area contributed by atoms with Crippen LogP contribution in [-0.4, -0.2) is 0 Å². The SMILES string of the molecule is Clc1ccc2c(c1)sc1ccc(N(c3ccc4oc5ccccc5c4c3)c3ccc4oc5ccccc5c4c3)cc12. The predicted octanol–water partition coefficient (Wildman–Crippen LogP) is 12.0. The van der Waals surface area contributed by atoms with Crippen LogP contribution in [0.15, 0.2) is 130 Å². The van der Waals surface area contributed by atoms with E-state index in [2.05, 4.69) is 95.9 Å². The minimum absolute atomic E-state index is 0.757. The van der Waals surface area contributed by atoms with Crippen molar-refractivity contribution in [2.45, 2.75) is 0 Å². The summed E-state index contributed by atoms with van der Waals surface area (Å²) >= 11 is 8.10. The molecule has 3 heterocycles. The van der Waals surface area contributed by atoms with Gasteiger partial charge in [0.2, 0.25) is 0 Å². The summed E-state index contributed by atoms with van der Waals surface area (Å²) in [4.78, 5) is 2.32. The van der Waals surface area contributed by atoms with E-state index in [0.717, 1.165) is 66.0 Å². The van der Waals surface area contributed by atoms with Gasteiger partial charge < -0.3 is 13.7 Å². The second kappa shape index (κ2) is 8.61. The molecule has 0 aliphatic heterocycles. The molecule has 0 fully saturated rings. The van der Waals surface area contributed by atoms with Crippen molar-refractivity contribution in [2.24, 2.45) is 0 Å². The van der Waals surface area contributed by atoms with Gasteiger partial charge in [-0.05, 0) is 78.9 Å². The lowest BCUT2D eigenvalue weighted by molar-refractivity contribution is 0.668. The van der Waals surface area contributed by atoms with Crippen LogP contribution in [0.3, 0.4) is 0 Å². The summed E-state index contributed by atoms with van der Waals surface area (Å²) in [5.41, 5.74) is 6.72. The van der Waals surface area contributed by atoms with Gasteiger partial charge in [-0.2, -0.15) is 0 Å². The Morgan fingerprint density at radius 1 is 0.439 bits per heavy atom. The van der Waals surface area contributed by atoms with Crippen molar-refractivity contribution < 1.29 is 8.83 Å². The van der Waals surface area contributed by atoms with Crippen LogP contribution in [0.1, 0.15) is 0 Å². The fourth-order valence-electron chi connectivity index (χ4n) is 6.03. The summed E-state index contributed by atoms with van der Waals surface area (Å²) in [6.45, 7) is 0. The average molecular weight is 566 g/mol. The Morgan fingerprint density at radius 3 is 1.61 bits per heavy atom. The van der Waals surface area contributed by atoms with Gasteiger partial charge in [-0.15, -0.1) is 11.3 Å². The first kappa shape index (κ1) is 23.0. The number of hydrogen-bond acceptors (Lipinski definition) is 4. The second-order valence-electron chi connectivity index (χ2n) is 10.3. The number of halogens is 1. The number of hydrogen-bond donors (Lipinski definition) is 0. The molecule has 0 aliphatic rings. The number of furan rings is 2. The number of nitrogens with zero attached hydrogens (tertiary/aromatic N) is 1. The third-order valence-electron chi connectivity index (χ3n) is 7.91. The predicted molar refractivity (Wildman–Crippen MR) is 174 cm³/mol. The van der Waals surface area contributed by atoms with Crippen molar-refractivity contribution >= 4 is 104 Å². The van der Waals surface area contributed by atoms with E-state index in [1.165, 1.54) is 20.2 Å². The van der Waals surface area contributed by atoms with Crippen LogP contribution in [0, 0.1) is 0 Å². The number of fused-ring (bicyclic) bond motifs is 9. The molecule has 41 heavy (non-hydrogen) atoms. The molecule has 0 spiro atoms. The molecule has 0 amide bonds. The molecule has 3 aromatic heterocycles. The van der Waals surface area contributed by atoms with Crippen LogP contribution >= 0.6 is 22.9 Å². The first-order valence-corrected chi connectivity index (χ1v) is 14.6. The number of benzene rings is 6. The van der Waals surface area contributed by atoms with Gasteiger partial charge in [0.1, 0.15) is 22.3 Å². The van der Waals surface area contributed by atoms with Crippen molar-refractivity contribution in [3.05, 3.63) is 126 Å². The van der Waals surface area contributed by atoms with E-state index in [-0.39, 0.29) is 0 Å². The van der Waals surface area contributed by atoms with Crippen LogP contribution in [-0.2, 0) is 0 Å². The van der Waals surface area contributed by atoms with Gasteiger partial charge in [0.15, 0.2) is 0 Å². The van der Waals surface area contributed by atoms with Gasteiger partial charge in [0.05, 0.1) is 0 Å². The van der Waals surface area contributed by atoms with Crippen molar-refractivity contribution in [1.82, 2.24) is 0 Å². The molecular weight excluding hydrogens is 546 g/mol. The molecular formula is C36H20ClNO2S. The van der Waals surface area contributed by atoms with Gasteiger partial charge >= 0.3 is 0 Å². The van der Waals surface area contributed by atoms with E-state index < -0.39 is 0 Å². The lowest BCUT2D eigenvalue weighted by atomic mass is 10.1. The van der Waals surface area contributed by atoms with Gasteiger partial charge in [0, 0.05) is 63.8 Å². The summed E-state index contributed by atoms with van der Waals surface area (Å²) in [5.74, 6) is 0. The highest BCUT2D eigenvalue weighted by atomic mass is 35.5. The minimum atomic E-state index is 0.757. The highest BCUT2D eigenvalue weighted by molar-refractivity contribution is 7.25. The lowest BCUT2D eigenvalue weighted by Crippen LogP contribution is -2.09. The second-order valence-corrected chi connectivity index (χ2v) is 11.8. The molecule has 9 rings (SSSR count). The Kier molecular flexibility index (Phi) is 4.83. The fraction of sp³-hybridized carbons (Fsp3) is 0. The van der Waals surface area contributed by atoms with E-state index in [4.69, 9.17) is 20.4 Å². The zero-order valence-corrected chi connectivity index (χ0v) is 23.2. The number of thiophene rings is 1. The number of rotatable bonds is 3. The van der Waals surface area contributed by atoms with E-state index in [1.807, 2.05) is 30.3 Å². The molecule has 0 bridgehead atoms. The van der Waals surface area contributed by atoms with Crippen LogP contribution in [0.25, 0.3) is 64.0 Å². The standard InChI is InChI=1S/C36H20ClNO2S/c37-21-9-13-27-30-20-24(12-16-35(30)41-36(27)17-21)38(22-10-14-33-28(18-22)25-5-1-3-7-31(25)39-33)23-11-15-34-29(19-23)26-6-2-4-8-32(26)40-34/h1-20H. The molecule has 5 heteroatoms. The van der Waals surface area contributed by atoms with Crippen LogP contribution < -0.4 is 4.90 Å². The molecule has 0 radical (unpaired) electrons. The van der Waals surface area contributed by atoms with E-state index >= 15 is 0 Å². The van der Waals surface area contributed by atoms with E-state index in [9.17, 15) is 0 Å². The minimum Gasteiger partial charge on any atom is -0.456 e. The molecule has 0 saturated heterocycles. The first-order valence-electron chi connectivity index (χ1n) is 13.4. The smallest absolute Gasteiger partial charge is 0.135 e. The van der Waals surface area contributed by atoms with Crippen LogP contribution in [0.2, 0.25) is 5.02 Å². The number of anilines is 3. The average Bonchev–Trinajstić information content (AvgIpc) is 3.67. The molecule has 194 valence electrons. The lowest BCUT2D eigenvalue weighted by Gasteiger charge is -2.26. The highest BCUT2D eigenvalue weighted by Crippen LogP contribution is 2.44. The van der Waals surface area contributed by atoms with Crippen LogP contribution in [0.5, 0.6) is 0 Å². The Balaban J connectivity index is 1.32. The summed E-state index contributed by atoms with van der Waals surface area (Å²) in [7, 11) is 0. The Bertz CT molecular complexity index is 2350. The maximum Gasteiger partial charge on any atom is 0.135 e. The van der Waals surface area contributed by atoms with Crippen molar-refractivity contribution in [1.29, 1.82) is 0 Å². The third-order valence-corrected chi connectivity index (χ3v) is 9.28. The van der Waals surface area contributed by atoms with E-state index in [0.29, 0.717) is 0 Å². The molecule has 3 nitrogen and oxygen atoms in total. The molecule has 0 N–H and O–H groups in total. The van der Waals surface area contributed by atoms with Gasteiger partial charge in [-0.3, -0.25) is 0 Å². The summed E-state index contributed by atoms with van der Waals surface area (Å²) in [6.07, 6.45) is 0. The molecule has 9 aromatic rings. The van der Waals surface area contributed by atoms with Gasteiger partial charge in [-0.1, -0.05) is 54.1 Å². The Hall–Kier alpha value is -4.77. The van der Waals surface area contributed by atoms with Gasteiger partial charge in [-0.25, -0.2) is 0 Å². The van der Waals surface area contributed by atoms with Crippen molar-refractivity contribution in [3.8, 4) is 0 Å². The summed E-state index contributed by atoms with van der Waals surface area (Å²) < 4.78 is 14.7. The molecule has 0 atom stereocenters. The third kappa shape index (κ3) is 3.51. The summed E-state index contributed by atoms with van der Waals surface area (Å²) in [6, 6.07) is 42.1. The first-order chi connectivity index (χ1) is 20.2. The molecule has 0 saturated carbocycles. The highest BCUT2D eigenvalue weighted by Gasteiger charge is 2.18. The monoisotopic (exact) mass is 565 g/mol. The summed E-state index contributed by atoms with van der Waals surface area (Å²) in [5, 5.41) is 7.59. The van der Waals surface area contributed by atoms with Crippen LogP contribution in [0.4, 0.5) is 17.1 Å². The zero-order chi connectivity index (χ0) is 27.1. The zero-order valence-electron chi connectivity index (χ0n) is 21.6. The van der Waals surface area contributed by atoms with E-state index in [1.54, 1.807) is 11.3 Å². The topological polar surface area (TPSA) is 29.5 Å². The maximum atomic E-state index is 6.33. The molecule has 6 aromatic carbocycles. The van der Waals surface area contributed by atoms with Crippen molar-refractivity contribution in [3.63, 3.8) is 0 Å². The van der Waals surface area contributed by atoms with Crippen molar-refractivity contribution in [2.75, 3.05) is 4.90 Å². The normalized spacial score (nSPS) is 12.0. The largest absolute Gasteiger partial charge is 0.456 e. The Labute approximate surface area is 243 Å². The van der Waals surface area contributed by atoms with Gasteiger partial charge in [0.25, 0.3) is 0 Å². The quantitative estimate of drug-likeness (QED) is 0.213. The Morgan fingerprint density at radius 2 is 0.976 bits per heavy atom. The fourth-order valence-corrected chi connectivity index (χ4v) is 7.39. The number of para-hydroxylation sites is 2.